The molecule has 0 amide bonds. The van der Waals surface area contributed by atoms with Gasteiger partial charge in [-0.2, -0.15) is 13.2 Å². The molecule has 100 valence electrons. The van der Waals surface area contributed by atoms with Crippen molar-refractivity contribution in [2.24, 2.45) is 0 Å². The number of carbonyl (C=O) groups excluding carboxylic acids is 1. The van der Waals surface area contributed by atoms with Gasteiger partial charge in [-0.25, -0.2) is 0 Å². The van der Waals surface area contributed by atoms with E-state index in [4.69, 9.17) is 11.6 Å². The molecule has 0 aliphatic rings. The quantitative estimate of drug-likeness (QED) is 0.550. The van der Waals surface area contributed by atoms with Crippen molar-refractivity contribution in [3.63, 3.8) is 0 Å². The molecule has 0 saturated heterocycles. The van der Waals surface area contributed by atoms with Crippen molar-refractivity contribution in [2.45, 2.75) is 28.0 Å². The van der Waals surface area contributed by atoms with Crippen molar-refractivity contribution in [1.29, 1.82) is 0 Å². The molecular formula is C11H9BrClF3OS. The number of benzene rings is 1. The lowest BCUT2D eigenvalue weighted by Gasteiger charge is -2.13. The molecule has 1 rings (SSSR count). The lowest BCUT2D eigenvalue weighted by atomic mass is 10.0. The van der Waals surface area contributed by atoms with E-state index in [2.05, 4.69) is 15.9 Å². The number of Topliss-reactive ketones (excluding diaryl/α,β-unsaturated/α-hetero) is 1. The largest absolute Gasteiger partial charge is 0.446 e. The van der Waals surface area contributed by atoms with Crippen molar-refractivity contribution >= 4 is 45.1 Å². The third kappa shape index (κ3) is 4.48. The van der Waals surface area contributed by atoms with E-state index in [0.717, 1.165) is 0 Å². The van der Waals surface area contributed by atoms with Gasteiger partial charge in [-0.15, -0.1) is 11.6 Å². The Balaban J connectivity index is 3.13. The second-order valence-electron chi connectivity index (χ2n) is 3.52. The average Bonchev–Trinajstić information content (AvgIpc) is 2.25. The van der Waals surface area contributed by atoms with Gasteiger partial charge in [-0.3, -0.25) is 4.79 Å². The highest BCUT2D eigenvalue weighted by Crippen LogP contribution is 2.39. The number of ketones is 1. The fourth-order valence-corrected chi connectivity index (χ4v) is 2.65. The Morgan fingerprint density at radius 3 is 2.56 bits per heavy atom. The Hall–Kier alpha value is -0.200. The third-order valence-electron chi connectivity index (χ3n) is 2.12. The van der Waals surface area contributed by atoms with Gasteiger partial charge in [0.15, 0.2) is 5.78 Å². The standard InChI is InChI=1S/C11H9BrClF3OS/c1-6(17)10(13)9-4-8(18-11(14,15)16)3-2-7(9)5-12/h2-4,10H,5H2,1H3. The summed E-state index contributed by atoms with van der Waals surface area (Å²) in [6, 6.07) is 4.21. The summed E-state index contributed by atoms with van der Waals surface area (Å²) in [5.41, 5.74) is -3.24. The minimum absolute atomic E-state index is 0.0223. The van der Waals surface area contributed by atoms with Gasteiger partial charge in [0.25, 0.3) is 0 Å². The summed E-state index contributed by atoms with van der Waals surface area (Å²) in [7, 11) is 0. The van der Waals surface area contributed by atoms with Gasteiger partial charge in [-0.1, -0.05) is 22.0 Å². The Morgan fingerprint density at radius 1 is 1.50 bits per heavy atom. The lowest BCUT2D eigenvalue weighted by molar-refractivity contribution is -0.116. The topological polar surface area (TPSA) is 17.1 Å². The average molecular weight is 362 g/mol. The molecule has 0 aliphatic heterocycles. The molecule has 0 spiro atoms. The molecule has 7 heteroatoms. The monoisotopic (exact) mass is 360 g/mol. The van der Waals surface area contributed by atoms with Crippen LogP contribution in [0.5, 0.6) is 0 Å². The normalized spacial score (nSPS) is 13.4. The van der Waals surface area contributed by atoms with E-state index < -0.39 is 10.9 Å². The zero-order chi connectivity index (χ0) is 13.9. The van der Waals surface area contributed by atoms with E-state index in [9.17, 15) is 18.0 Å². The summed E-state index contributed by atoms with van der Waals surface area (Å²) < 4.78 is 36.8. The zero-order valence-electron chi connectivity index (χ0n) is 9.22. The second-order valence-corrected chi connectivity index (χ2v) is 5.65. The molecule has 0 heterocycles. The maximum Gasteiger partial charge on any atom is 0.446 e. The molecular weight excluding hydrogens is 353 g/mol. The van der Waals surface area contributed by atoms with Crippen LogP contribution in [0.25, 0.3) is 0 Å². The number of alkyl halides is 5. The van der Waals surface area contributed by atoms with Gasteiger partial charge in [0.1, 0.15) is 5.38 Å². The minimum Gasteiger partial charge on any atom is -0.298 e. The highest BCUT2D eigenvalue weighted by atomic mass is 79.9. The van der Waals surface area contributed by atoms with E-state index in [1.165, 1.54) is 25.1 Å². The maximum absolute atomic E-state index is 12.3. The van der Waals surface area contributed by atoms with Crippen LogP contribution in [0, 0.1) is 0 Å². The Kier molecular flexibility index (Phi) is 5.55. The molecule has 0 N–H and O–H groups in total. The number of hydrogen-bond donors (Lipinski definition) is 0. The van der Waals surface area contributed by atoms with Crippen LogP contribution >= 0.6 is 39.3 Å². The number of rotatable bonds is 4. The van der Waals surface area contributed by atoms with Gasteiger partial charge in [-0.05, 0) is 41.9 Å². The third-order valence-corrected chi connectivity index (χ3v) is 3.99. The molecule has 0 radical (unpaired) electrons. The van der Waals surface area contributed by atoms with Gasteiger partial charge in [0.05, 0.1) is 0 Å². The van der Waals surface area contributed by atoms with E-state index in [1.807, 2.05) is 0 Å². The Morgan fingerprint density at radius 2 is 2.11 bits per heavy atom. The summed E-state index contributed by atoms with van der Waals surface area (Å²) in [5, 5.41) is -0.498. The van der Waals surface area contributed by atoms with E-state index >= 15 is 0 Å². The van der Waals surface area contributed by atoms with Crippen LogP contribution in [0.1, 0.15) is 23.4 Å². The first-order valence-electron chi connectivity index (χ1n) is 4.83. The van der Waals surface area contributed by atoms with Gasteiger partial charge in [0, 0.05) is 10.2 Å². The van der Waals surface area contributed by atoms with Crippen molar-refractivity contribution in [3.8, 4) is 0 Å². The molecule has 18 heavy (non-hydrogen) atoms. The molecule has 0 saturated carbocycles. The van der Waals surface area contributed by atoms with E-state index in [-0.39, 0.29) is 22.4 Å². The van der Waals surface area contributed by atoms with Crippen LogP contribution in [-0.2, 0) is 10.1 Å². The first-order chi connectivity index (χ1) is 8.24. The Bertz CT molecular complexity index is 450. The van der Waals surface area contributed by atoms with Gasteiger partial charge >= 0.3 is 5.51 Å². The SMILES string of the molecule is CC(=O)C(Cl)c1cc(SC(F)(F)F)ccc1CBr. The summed E-state index contributed by atoms with van der Waals surface area (Å²) in [4.78, 5) is 11.3. The van der Waals surface area contributed by atoms with Crippen LogP contribution in [0.15, 0.2) is 23.1 Å². The molecule has 0 bridgehead atoms. The smallest absolute Gasteiger partial charge is 0.298 e. The number of halogens is 5. The second kappa shape index (κ2) is 6.30. The van der Waals surface area contributed by atoms with Crippen LogP contribution in [0.4, 0.5) is 13.2 Å². The number of thioether (sulfide) groups is 1. The molecule has 1 aromatic carbocycles. The first kappa shape index (κ1) is 15.9. The highest BCUT2D eigenvalue weighted by Gasteiger charge is 2.30. The van der Waals surface area contributed by atoms with Crippen molar-refractivity contribution in [3.05, 3.63) is 29.3 Å². The van der Waals surface area contributed by atoms with Crippen molar-refractivity contribution in [1.82, 2.24) is 0 Å². The minimum atomic E-state index is -4.36. The molecule has 1 unspecified atom stereocenters. The van der Waals surface area contributed by atoms with E-state index in [0.29, 0.717) is 16.5 Å². The molecule has 1 nitrogen and oxygen atoms in total. The highest BCUT2D eigenvalue weighted by molar-refractivity contribution is 9.08. The summed E-state index contributed by atoms with van der Waals surface area (Å²) in [6.07, 6.45) is 0. The van der Waals surface area contributed by atoms with Crippen molar-refractivity contribution < 1.29 is 18.0 Å². The Labute approximate surface area is 120 Å². The molecule has 0 aromatic heterocycles. The number of hydrogen-bond acceptors (Lipinski definition) is 2. The summed E-state index contributed by atoms with van der Waals surface area (Å²) in [6.45, 7) is 1.30. The van der Waals surface area contributed by atoms with Crippen LogP contribution < -0.4 is 0 Å². The number of carbonyl (C=O) groups is 1. The molecule has 0 fully saturated rings. The van der Waals surface area contributed by atoms with Gasteiger partial charge in [0.2, 0.25) is 0 Å². The fourth-order valence-electron chi connectivity index (χ4n) is 1.35. The predicted molar refractivity (Wildman–Crippen MR) is 70.3 cm³/mol. The maximum atomic E-state index is 12.3. The molecule has 1 atom stereocenters. The summed E-state index contributed by atoms with van der Waals surface area (Å²) >= 11 is 8.90. The predicted octanol–water partition coefficient (Wildman–Crippen LogP) is 5.06. The van der Waals surface area contributed by atoms with Gasteiger partial charge < -0.3 is 0 Å². The molecule has 0 aliphatic carbocycles. The zero-order valence-corrected chi connectivity index (χ0v) is 12.4. The molecule has 1 aromatic rings. The van der Waals surface area contributed by atoms with Crippen LogP contribution in [0.2, 0.25) is 0 Å². The van der Waals surface area contributed by atoms with E-state index in [1.54, 1.807) is 0 Å². The fraction of sp³-hybridized carbons (Fsp3) is 0.364. The first-order valence-corrected chi connectivity index (χ1v) is 7.21. The van der Waals surface area contributed by atoms with Crippen LogP contribution in [-0.4, -0.2) is 11.3 Å². The summed E-state index contributed by atoms with van der Waals surface area (Å²) in [5.74, 6) is -0.298. The lowest BCUT2D eigenvalue weighted by Crippen LogP contribution is -2.06. The van der Waals surface area contributed by atoms with Crippen molar-refractivity contribution in [2.75, 3.05) is 0 Å². The van der Waals surface area contributed by atoms with Crippen LogP contribution in [0.3, 0.4) is 0 Å².